The molecule has 1 heterocycles. The molecular weight excluding hydrogens is 419 g/mol. The maximum atomic E-state index is 13.8. The highest BCUT2D eigenvalue weighted by Gasteiger charge is 2.21. The van der Waals surface area contributed by atoms with Gasteiger partial charge in [-0.1, -0.05) is 30.3 Å². The van der Waals surface area contributed by atoms with E-state index in [1.165, 1.54) is 16.8 Å². The van der Waals surface area contributed by atoms with Gasteiger partial charge in [0, 0.05) is 24.4 Å². The van der Waals surface area contributed by atoms with E-state index in [4.69, 9.17) is 11.2 Å². The molecule has 0 bridgehead atoms. The van der Waals surface area contributed by atoms with Gasteiger partial charge < -0.3 is 4.74 Å². The minimum Gasteiger partial charge on any atom is -0.456 e. The van der Waals surface area contributed by atoms with Crippen molar-refractivity contribution < 1.29 is 13.9 Å². The van der Waals surface area contributed by atoms with E-state index in [0.29, 0.717) is 50.2 Å². The molecule has 0 atom stereocenters. The minimum absolute atomic E-state index is 0.0245. The molecule has 0 aliphatic carbocycles. The molecule has 0 amide bonds. The average molecular weight is 440 g/mol. The van der Waals surface area contributed by atoms with E-state index in [0.717, 1.165) is 0 Å². The monoisotopic (exact) mass is 440 g/mol. The number of ether oxygens (including phenoxy) is 1. The molecule has 3 aromatic carbocycles. The van der Waals surface area contributed by atoms with Crippen molar-refractivity contribution >= 4 is 16.6 Å². The Morgan fingerprint density at radius 2 is 1.76 bits per heavy atom. The Morgan fingerprint density at radius 1 is 1.09 bits per heavy atom. The summed E-state index contributed by atoms with van der Waals surface area (Å²) in [6.07, 6.45) is 5.31. The number of halogens is 1. The number of fused-ring (bicyclic) bond motifs is 1. The Hall–Kier alpha value is -4.24. The van der Waals surface area contributed by atoms with E-state index in [1.807, 2.05) is 6.07 Å². The average Bonchev–Trinajstić information content (AvgIpc) is 2.79. The number of ketones is 1. The summed E-state index contributed by atoms with van der Waals surface area (Å²) >= 11 is 0. The Bertz CT molecular complexity index is 1490. The standard InChI is InChI=1S/C27H21FN2O3/c1-5-20(31)15-18-9-8-12-23(33-26-16(2)13-19(28)14-17(26)3)24(18)25-21-10-6-7-11-22(21)27(32)30(4)29-25/h1,6-14H,15H2,2-4H3. The van der Waals surface area contributed by atoms with E-state index in [2.05, 4.69) is 11.0 Å². The first-order chi connectivity index (χ1) is 15.8. The van der Waals surface area contributed by atoms with Crippen molar-refractivity contribution in [3.8, 4) is 35.1 Å². The van der Waals surface area contributed by atoms with Crippen molar-refractivity contribution in [1.29, 1.82) is 0 Å². The first-order valence-corrected chi connectivity index (χ1v) is 10.3. The molecule has 0 radical (unpaired) electrons. The number of nitrogens with zero attached hydrogens (tertiary/aromatic N) is 2. The fraction of sp³-hybridized carbons (Fsp3) is 0.148. The molecule has 4 rings (SSSR count). The van der Waals surface area contributed by atoms with Gasteiger partial charge in [0.15, 0.2) is 0 Å². The van der Waals surface area contributed by atoms with E-state index in [1.54, 1.807) is 57.3 Å². The molecule has 6 heteroatoms. The van der Waals surface area contributed by atoms with Gasteiger partial charge in [-0.2, -0.15) is 5.10 Å². The van der Waals surface area contributed by atoms with Crippen molar-refractivity contribution in [2.24, 2.45) is 7.05 Å². The first-order valence-electron chi connectivity index (χ1n) is 10.3. The van der Waals surface area contributed by atoms with Crippen LogP contribution < -0.4 is 10.3 Å². The third-order valence-electron chi connectivity index (χ3n) is 5.45. The molecule has 33 heavy (non-hydrogen) atoms. The largest absolute Gasteiger partial charge is 0.456 e. The first kappa shape index (κ1) is 22.0. The van der Waals surface area contributed by atoms with Gasteiger partial charge in [0.05, 0.1) is 5.39 Å². The fourth-order valence-corrected chi connectivity index (χ4v) is 3.95. The van der Waals surface area contributed by atoms with Crippen molar-refractivity contribution in [3.05, 3.63) is 87.5 Å². The van der Waals surface area contributed by atoms with Crippen molar-refractivity contribution in [1.82, 2.24) is 9.78 Å². The van der Waals surface area contributed by atoms with E-state index in [-0.39, 0.29) is 17.8 Å². The van der Waals surface area contributed by atoms with Crippen LogP contribution in [0.25, 0.3) is 22.0 Å². The van der Waals surface area contributed by atoms with Gasteiger partial charge in [-0.05, 0) is 60.7 Å². The number of carbonyl (C=O) groups excluding carboxylic acids is 1. The molecule has 0 unspecified atom stereocenters. The van der Waals surface area contributed by atoms with Crippen LogP contribution in [0, 0.1) is 32.0 Å². The number of Topliss-reactive ketones (excluding diaryl/α,β-unsaturated/α-hetero) is 1. The molecule has 0 saturated carbocycles. The summed E-state index contributed by atoms with van der Waals surface area (Å²) in [5, 5.41) is 5.64. The number of hydrogen-bond acceptors (Lipinski definition) is 4. The maximum Gasteiger partial charge on any atom is 0.274 e. The van der Waals surface area contributed by atoms with Crippen molar-refractivity contribution in [2.75, 3.05) is 0 Å². The summed E-state index contributed by atoms with van der Waals surface area (Å²) < 4.78 is 21.4. The SMILES string of the molecule is C#CC(=O)Cc1cccc(Oc2c(C)cc(F)cc2C)c1-c1nn(C)c(=O)c2ccccc12. The van der Waals surface area contributed by atoms with Crippen LogP contribution in [-0.2, 0) is 18.3 Å². The maximum absolute atomic E-state index is 13.8. The highest BCUT2D eigenvalue weighted by atomic mass is 19.1. The van der Waals surface area contributed by atoms with Crippen molar-refractivity contribution in [2.45, 2.75) is 20.3 Å². The smallest absolute Gasteiger partial charge is 0.274 e. The fourth-order valence-electron chi connectivity index (χ4n) is 3.95. The van der Waals surface area contributed by atoms with Gasteiger partial charge >= 0.3 is 0 Å². The Balaban J connectivity index is 2.03. The highest BCUT2D eigenvalue weighted by molar-refractivity contribution is 6.00. The lowest BCUT2D eigenvalue weighted by molar-refractivity contribution is -0.113. The Morgan fingerprint density at radius 3 is 2.42 bits per heavy atom. The second-order valence-corrected chi connectivity index (χ2v) is 7.83. The lowest BCUT2D eigenvalue weighted by Gasteiger charge is -2.18. The lowest BCUT2D eigenvalue weighted by atomic mass is 9.96. The number of hydrogen-bond donors (Lipinski definition) is 0. The molecule has 1 aromatic heterocycles. The predicted octanol–water partition coefficient (Wildman–Crippen LogP) is 4.89. The number of aryl methyl sites for hydroxylation is 3. The zero-order chi connectivity index (χ0) is 23.7. The molecule has 0 aliphatic heterocycles. The highest BCUT2D eigenvalue weighted by Crippen LogP contribution is 2.40. The third-order valence-corrected chi connectivity index (χ3v) is 5.45. The van der Waals surface area contributed by atoms with Crippen LogP contribution in [-0.4, -0.2) is 15.6 Å². The molecule has 4 aromatic rings. The van der Waals surface area contributed by atoms with Crippen LogP contribution in [0.3, 0.4) is 0 Å². The quantitative estimate of drug-likeness (QED) is 0.327. The van der Waals surface area contributed by atoms with Gasteiger partial charge in [-0.3, -0.25) is 9.59 Å². The predicted molar refractivity (Wildman–Crippen MR) is 126 cm³/mol. The summed E-state index contributed by atoms with van der Waals surface area (Å²) in [6, 6.07) is 15.2. The van der Waals surface area contributed by atoms with Crippen LogP contribution in [0.1, 0.15) is 16.7 Å². The van der Waals surface area contributed by atoms with Gasteiger partial charge in [0.2, 0.25) is 5.78 Å². The molecule has 0 N–H and O–H groups in total. The number of terminal acetylenes is 1. The topological polar surface area (TPSA) is 61.2 Å². The van der Waals surface area contributed by atoms with Crippen LogP contribution in [0.2, 0.25) is 0 Å². The minimum atomic E-state index is -0.392. The second-order valence-electron chi connectivity index (χ2n) is 7.83. The zero-order valence-electron chi connectivity index (χ0n) is 18.5. The van der Waals surface area contributed by atoms with Gasteiger partial charge in [-0.25, -0.2) is 9.07 Å². The molecule has 0 saturated heterocycles. The number of carbonyl (C=O) groups is 1. The van der Waals surface area contributed by atoms with E-state index in [9.17, 15) is 14.0 Å². The summed E-state index contributed by atoms with van der Waals surface area (Å²) in [6.45, 7) is 3.52. The summed E-state index contributed by atoms with van der Waals surface area (Å²) in [4.78, 5) is 24.8. The van der Waals surface area contributed by atoms with E-state index < -0.39 is 5.78 Å². The second kappa shape index (κ2) is 8.71. The molecule has 164 valence electrons. The van der Waals surface area contributed by atoms with Crippen LogP contribution in [0.5, 0.6) is 11.5 Å². The van der Waals surface area contributed by atoms with Gasteiger partial charge in [0.25, 0.3) is 5.56 Å². The summed E-state index contributed by atoms with van der Waals surface area (Å²) in [5.41, 5.74) is 2.67. The summed E-state index contributed by atoms with van der Waals surface area (Å²) in [7, 11) is 1.57. The molecule has 0 spiro atoms. The molecule has 5 nitrogen and oxygen atoms in total. The molecule has 0 fully saturated rings. The Kier molecular flexibility index (Phi) is 5.80. The van der Waals surface area contributed by atoms with Crippen LogP contribution in [0.4, 0.5) is 4.39 Å². The Labute approximate surface area is 190 Å². The van der Waals surface area contributed by atoms with Gasteiger partial charge in [-0.15, -0.1) is 6.42 Å². The van der Waals surface area contributed by atoms with E-state index >= 15 is 0 Å². The van der Waals surface area contributed by atoms with Crippen LogP contribution >= 0.6 is 0 Å². The van der Waals surface area contributed by atoms with Crippen molar-refractivity contribution in [3.63, 3.8) is 0 Å². The number of benzene rings is 3. The van der Waals surface area contributed by atoms with Crippen LogP contribution in [0.15, 0.2) is 59.4 Å². The lowest BCUT2D eigenvalue weighted by Crippen LogP contribution is -2.20. The third kappa shape index (κ3) is 4.13. The number of rotatable bonds is 5. The number of aromatic nitrogens is 2. The molecular formula is C27H21FN2O3. The molecule has 0 aliphatic rings. The normalized spacial score (nSPS) is 10.8. The van der Waals surface area contributed by atoms with Gasteiger partial charge in [0.1, 0.15) is 23.0 Å². The zero-order valence-corrected chi connectivity index (χ0v) is 18.5. The summed E-state index contributed by atoms with van der Waals surface area (Å²) in [5.74, 6) is 2.33.